The second kappa shape index (κ2) is 10.7. The molecule has 9 rings (SSSR count). The molecule has 6 aromatic carbocycles. The summed E-state index contributed by atoms with van der Waals surface area (Å²) in [5, 5.41) is 6.82. The molecule has 5 nitrogen and oxygen atoms in total. The van der Waals surface area contributed by atoms with Crippen molar-refractivity contribution in [3.63, 3.8) is 0 Å². The fraction of sp³-hybridized carbons (Fsp3) is 0. The van der Waals surface area contributed by atoms with Crippen LogP contribution in [0.5, 0.6) is 0 Å². The van der Waals surface area contributed by atoms with Gasteiger partial charge in [-0.1, -0.05) is 133 Å². The van der Waals surface area contributed by atoms with Crippen molar-refractivity contribution in [2.24, 2.45) is 0 Å². The van der Waals surface area contributed by atoms with Crippen molar-refractivity contribution in [2.75, 3.05) is 0 Å². The summed E-state index contributed by atoms with van der Waals surface area (Å²) < 4.78 is 0. The van der Waals surface area contributed by atoms with E-state index >= 15 is 0 Å². The van der Waals surface area contributed by atoms with E-state index in [9.17, 15) is 0 Å². The minimum absolute atomic E-state index is 0.624. The van der Waals surface area contributed by atoms with Gasteiger partial charge in [0.2, 0.25) is 0 Å². The van der Waals surface area contributed by atoms with E-state index in [2.05, 4.69) is 72.8 Å². The van der Waals surface area contributed by atoms with Gasteiger partial charge in [0, 0.05) is 55.4 Å². The molecule has 0 aliphatic heterocycles. The largest absolute Gasteiger partial charge is 0.256 e. The lowest BCUT2D eigenvalue weighted by Gasteiger charge is -2.14. The van der Waals surface area contributed by atoms with Crippen molar-refractivity contribution in [3.05, 3.63) is 152 Å². The first-order valence-corrected chi connectivity index (χ1v) is 15.3. The van der Waals surface area contributed by atoms with E-state index in [1.807, 2.05) is 79.0 Å². The molecule has 0 fully saturated rings. The molecule has 9 aromatic rings. The Kier molecular flexibility index (Phi) is 6.06. The van der Waals surface area contributed by atoms with E-state index in [4.69, 9.17) is 24.9 Å². The van der Waals surface area contributed by atoms with Crippen LogP contribution in [-0.4, -0.2) is 24.9 Å². The summed E-state index contributed by atoms with van der Waals surface area (Å²) in [6, 6.07) is 49.7. The zero-order chi connectivity index (χ0) is 30.5. The number of fused-ring (bicyclic) bond motifs is 7. The molecule has 0 saturated heterocycles. The van der Waals surface area contributed by atoms with Gasteiger partial charge in [-0.25, -0.2) is 19.9 Å². The summed E-state index contributed by atoms with van der Waals surface area (Å²) in [5.41, 5.74) is 6.70. The monoisotopic (exact) mass is 587 g/mol. The number of para-hydroxylation sites is 1. The minimum atomic E-state index is 0.624. The van der Waals surface area contributed by atoms with Crippen LogP contribution in [0, 0.1) is 0 Å². The summed E-state index contributed by atoms with van der Waals surface area (Å²) in [6.45, 7) is 0. The molecule has 5 heteroatoms. The minimum Gasteiger partial charge on any atom is -0.256 e. The highest BCUT2D eigenvalue weighted by Gasteiger charge is 2.16. The molecule has 0 N–H and O–H groups in total. The van der Waals surface area contributed by atoms with Crippen LogP contribution in [-0.2, 0) is 0 Å². The molecular formula is C41H25N5. The lowest BCUT2D eigenvalue weighted by molar-refractivity contribution is 1.07. The third kappa shape index (κ3) is 4.37. The predicted molar refractivity (Wildman–Crippen MR) is 187 cm³/mol. The third-order valence-corrected chi connectivity index (χ3v) is 8.53. The zero-order valence-electron chi connectivity index (χ0n) is 24.7. The lowest BCUT2D eigenvalue weighted by Crippen LogP contribution is -2.00. The highest BCUT2D eigenvalue weighted by Crippen LogP contribution is 2.39. The van der Waals surface area contributed by atoms with Crippen molar-refractivity contribution < 1.29 is 0 Å². The second-order valence-corrected chi connectivity index (χ2v) is 11.3. The standard InChI is InChI=1S/C41H25N5/c1-3-10-29(11-4-1)39-44-40(30-12-5-2-6-13-30)46-41(45-39)31-21-19-28(20-22-31)37-33-24-23-26-17-18-27-14-9-25-42-38(27)35(26)36(33)32-15-7-8-16-34(32)43-37/h1-25H. The predicted octanol–water partition coefficient (Wildman–Crippen LogP) is 9.94. The molecular weight excluding hydrogens is 562 g/mol. The highest BCUT2D eigenvalue weighted by molar-refractivity contribution is 6.28. The SMILES string of the molecule is c1ccc(-c2nc(-c3ccccc3)nc(-c3ccc(-c4nc5ccccc5c5c4ccc4ccc6cccnc6c45)cc3)n2)cc1. The van der Waals surface area contributed by atoms with Crippen LogP contribution >= 0.6 is 0 Å². The fourth-order valence-electron chi connectivity index (χ4n) is 6.33. The maximum atomic E-state index is 5.21. The molecule has 46 heavy (non-hydrogen) atoms. The van der Waals surface area contributed by atoms with Crippen molar-refractivity contribution in [1.29, 1.82) is 0 Å². The number of hydrogen-bond acceptors (Lipinski definition) is 5. The van der Waals surface area contributed by atoms with Crippen LogP contribution in [0.4, 0.5) is 0 Å². The van der Waals surface area contributed by atoms with Gasteiger partial charge in [-0.2, -0.15) is 0 Å². The number of pyridine rings is 2. The summed E-state index contributed by atoms with van der Waals surface area (Å²) in [5.74, 6) is 1.91. The van der Waals surface area contributed by atoms with E-state index in [-0.39, 0.29) is 0 Å². The molecule has 0 unspecified atom stereocenters. The molecule has 0 atom stereocenters. The van der Waals surface area contributed by atoms with Crippen LogP contribution in [0.2, 0.25) is 0 Å². The van der Waals surface area contributed by atoms with Gasteiger partial charge in [-0.15, -0.1) is 0 Å². The molecule has 214 valence electrons. The van der Waals surface area contributed by atoms with Crippen molar-refractivity contribution in [2.45, 2.75) is 0 Å². The lowest BCUT2D eigenvalue weighted by atomic mass is 9.93. The Morgan fingerprint density at radius 1 is 0.348 bits per heavy atom. The topological polar surface area (TPSA) is 64.5 Å². The second-order valence-electron chi connectivity index (χ2n) is 11.3. The van der Waals surface area contributed by atoms with Gasteiger partial charge >= 0.3 is 0 Å². The van der Waals surface area contributed by atoms with Crippen LogP contribution in [0.25, 0.3) is 88.8 Å². The van der Waals surface area contributed by atoms with Gasteiger partial charge in [0.15, 0.2) is 17.5 Å². The van der Waals surface area contributed by atoms with E-state index in [1.165, 1.54) is 5.39 Å². The van der Waals surface area contributed by atoms with Gasteiger partial charge in [-0.3, -0.25) is 4.98 Å². The average molecular weight is 588 g/mol. The Morgan fingerprint density at radius 2 is 0.913 bits per heavy atom. The Balaban J connectivity index is 1.23. The van der Waals surface area contributed by atoms with Gasteiger partial charge in [0.1, 0.15) is 0 Å². The molecule has 3 heterocycles. The Labute approximate surface area is 264 Å². The molecule has 0 saturated carbocycles. The first kappa shape index (κ1) is 26.1. The van der Waals surface area contributed by atoms with E-state index in [0.29, 0.717) is 17.5 Å². The van der Waals surface area contributed by atoms with Crippen molar-refractivity contribution >= 4 is 43.4 Å². The quantitative estimate of drug-likeness (QED) is 0.192. The van der Waals surface area contributed by atoms with Gasteiger partial charge < -0.3 is 0 Å². The van der Waals surface area contributed by atoms with E-state index in [1.54, 1.807) is 0 Å². The molecule has 3 aromatic heterocycles. The van der Waals surface area contributed by atoms with Gasteiger partial charge in [0.05, 0.1) is 16.7 Å². The van der Waals surface area contributed by atoms with Crippen molar-refractivity contribution in [1.82, 2.24) is 24.9 Å². The van der Waals surface area contributed by atoms with Crippen LogP contribution < -0.4 is 0 Å². The van der Waals surface area contributed by atoms with Crippen molar-refractivity contribution in [3.8, 4) is 45.4 Å². The highest BCUT2D eigenvalue weighted by atomic mass is 15.0. The zero-order valence-corrected chi connectivity index (χ0v) is 24.7. The molecule has 0 bridgehead atoms. The molecule has 0 radical (unpaired) electrons. The van der Waals surface area contributed by atoms with E-state index < -0.39 is 0 Å². The molecule has 0 spiro atoms. The number of benzene rings is 6. The van der Waals surface area contributed by atoms with E-state index in [0.717, 1.165) is 65.9 Å². The normalized spacial score (nSPS) is 11.5. The summed E-state index contributed by atoms with van der Waals surface area (Å²) in [7, 11) is 0. The molecule has 0 amide bonds. The summed E-state index contributed by atoms with van der Waals surface area (Å²) in [4.78, 5) is 24.7. The third-order valence-electron chi connectivity index (χ3n) is 8.53. The first-order chi connectivity index (χ1) is 22.8. The fourth-order valence-corrected chi connectivity index (χ4v) is 6.33. The number of aromatic nitrogens is 5. The Morgan fingerprint density at radius 3 is 1.61 bits per heavy atom. The molecule has 0 aliphatic carbocycles. The molecule has 0 aliphatic rings. The van der Waals surface area contributed by atoms with Crippen LogP contribution in [0.3, 0.4) is 0 Å². The average Bonchev–Trinajstić information content (AvgIpc) is 3.14. The Bertz CT molecular complexity index is 2510. The summed E-state index contributed by atoms with van der Waals surface area (Å²) in [6.07, 6.45) is 1.87. The maximum absolute atomic E-state index is 5.21. The van der Waals surface area contributed by atoms with Gasteiger partial charge in [-0.05, 0) is 17.5 Å². The number of rotatable bonds is 4. The summed E-state index contributed by atoms with van der Waals surface area (Å²) >= 11 is 0. The number of hydrogen-bond donors (Lipinski definition) is 0. The maximum Gasteiger partial charge on any atom is 0.164 e. The van der Waals surface area contributed by atoms with Crippen LogP contribution in [0.1, 0.15) is 0 Å². The Hall–Kier alpha value is -6.33. The first-order valence-electron chi connectivity index (χ1n) is 15.3. The smallest absolute Gasteiger partial charge is 0.164 e. The van der Waals surface area contributed by atoms with Crippen LogP contribution in [0.15, 0.2) is 152 Å². The van der Waals surface area contributed by atoms with Gasteiger partial charge in [0.25, 0.3) is 0 Å². The number of nitrogens with zero attached hydrogens (tertiary/aromatic N) is 5.